The minimum atomic E-state index is 0.362. The Bertz CT molecular complexity index is 359. The Labute approximate surface area is 108 Å². The van der Waals surface area contributed by atoms with E-state index in [9.17, 15) is 0 Å². The van der Waals surface area contributed by atoms with Crippen molar-refractivity contribution in [2.24, 2.45) is 0 Å². The van der Waals surface area contributed by atoms with Crippen LogP contribution < -0.4 is 4.90 Å². The van der Waals surface area contributed by atoms with E-state index >= 15 is 0 Å². The highest BCUT2D eigenvalue weighted by atomic mass is 35.5. The molecule has 4 heteroatoms. The van der Waals surface area contributed by atoms with Gasteiger partial charge >= 0.3 is 0 Å². The Balaban J connectivity index is 2.22. The lowest BCUT2D eigenvalue weighted by Gasteiger charge is -2.36. The largest absolute Gasteiger partial charge is 0.353 e. The first-order valence-corrected chi connectivity index (χ1v) is 6.86. The highest BCUT2D eigenvalue weighted by Crippen LogP contribution is 2.26. The lowest BCUT2D eigenvalue weighted by molar-refractivity contribution is 0.431. The Morgan fingerprint density at radius 3 is 2.94 bits per heavy atom. The molecule has 0 aliphatic carbocycles. The monoisotopic (exact) mass is 253 g/mol. The van der Waals surface area contributed by atoms with Gasteiger partial charge in [-0.2, -0.15) is 0 Å². The van der Waals surface area contributed by atoms with Crippen LogP contribution in [-0.2, 0) is 0 Å². The molecule has 0 bridgehead atoms. The summed E-state index contributed by atoms with van der Waals surface area (Å²) in [6.45, 7) is 5.30. The molecular formula is C13H20ClN3. The molecule has 2 heterocycles. The van der Waals surface area contributed by atoms with Crippen molar-refractivity contribution in [3.63, 3.8) is 0 Å². The van der Waals surface area contributed by atoms with Crippen LogP contribution in [0.4, 0.5) is 5.82 Å². The molecule has 3 nitrogen and oxygen atoms in total. The molecule has 0 aromatic carbocycles. The highest BCUT2D eigenvalue weighted by molar-refractivity contribution is 6.28. The van der Waals surface area contributed by atoms with Crippen molar-refractivity contribution in [3.05, 3.63) is 17.0 Å². The molecule has 2 rings (SSSR count). The normalized spacial score (nSPS) is 20.6. The zero-order chi connectivity index (χ0) is 12.3. The van der Waals surface area contributed by atoms with E-state index in [1.54, 1.807) is 0 Å². The van der Waals surface area contributed by atoms with Crippen LogP contribution >= 0.6 is 11.6 Å². The van der Waals surface area contributed by atoms with E-state index < -0.39 is 0 Å². The molecule has 1 atom stereocenters. The topological polar surface area (TPSA) is 29.0 Å². The first kappa shape index (κ1) is 12.6. The number of halogens is 1. The van der Waals surface area contributed by atoms with Gasteiger partial charge in [0, 0.05) is 24.3 Å². The number of piperidine rings is 1. The standard InChI is InChI=1S/C13H20ClN3/c1-3-6-11-7-4-5-8-17(11)12-9-10(2)15-13(14)16-12/h9,11H,3-8H2,1-2H3. The van der Waals surface area contributed by atoms with E-state index in [2.05, 4.69) is 21.8 Å². The van der Waals surface area contributed by atoms with Crippen LogP contribution in [-0.4, -0.2) is 22.6 Å². The van der Waals surface area contributed by atoms with Crippen LogP contribution in [0.2, 0.25) is 5.28 Å². The molecule has 94 valence electrons. The summed E-state index contributed by atoms with van der Waals surface area (Å²) in [5.41, 5.74) is 0.945. The zero-order valence-corrected chi connectivity index (χ0v) is 11.4. The average molecular weight is 254 g/mol. The summed E-state index contributed by atoms with van der Waals surface area (Å²) in [6, 6.07) is 2.67. The average Bonchev–Trinajstić information content (AvgIpc) is 2.29. The van der Waals surface area contributed by atoms with Gasteiger partial charge in [0.2, 0.25) is 5.28 Å². The van der Waals surface area contributed by atoms with Gasteiger partial charge in [-0.25, -0.2) is 9.97 Å². The maximum atomic E-state index is 5.95. The van der Waals surface area contributed by atoms with Crippen molar-refractivity contribution in [2.75, 3.05) is 11.4 Å². The van der Waals surface area contributed by atoms with Gasteiger partial charge in [0.15, 0.2) is 0 Å². The fraction of sp³-hybridized carbons (Fsp3) is 0.692. The maximum Gasteiger partial charge on any atom is 0.224 e. The van der Waals surface area contributed by atoms with Gasteiger partial charge in [-0.3, -0.25) is 0 Å². The Morgan fingerprint density at radius 1 is 1.41 bits per heavy atom. The quantitative estimate of drug-likeness (QED) is 0.771. The molecule has 0 amide bonds. The number of aryl methyl sites for hydroxylation is 1. The van der Waals surface area contributed by atoms with Crippen LogP contribution in [0.25, 0.3) is 0 Å². The third kappa shape index (κ3) is 3.09. The molecule has 17 heavy (non-hydrogen) atoms. The van der Waals surface area contributed by atoms with Crippen molar-refractivity contribution in [1.82, 2.24) is 9.97 Å². The molecule has 0 spiro atoms. The first-order chi connectivity index (χ1) is 8.20. The lowest BCUT2D eigenvalue weighted by Crippen LogP contribution is -2.40. The molecular weight excluding hydrogens is 234 g/mol. The van der Waals surface area contributed by atoms with Crippen molar-refractivity contribution < 1.29 is 0 Å². The Hall–Kier alpha value is -0.830. The van der Waals surface area contributed by atoms with Crippen LogP contribution in [0.15, 0.2) is 6.07 Å². The summed E-state index contributed by atoms with van der Waals surface area (Å²) in [5, 5.41) is 0.362. The second-order valence-electron chi connectivity index (χ2n) is 4.77. The summed E-state index contributed by atoms with van der Waals surface area (Å²) < 4.78 is 0. The second kappa shape index (κ2) is 5.67. The zero-order valence-electron chi connectivity index (χ0n) is 10.6. The van der Waals surface area contributed by atoms with Crippen LogP contribution in [0, 0.1) is 6.92 Å². The number of hydrogen-bond donors (Lipinski definition) is 0. The summed E-state index contributed by atoms with van der Waals surface area (Å²) in [5.74, 6) is 1.00. The van der Waals surface area contributed by atoms with E-state index in [-0.39, 0.29) is 0 Å². The van der Waals surface area contributed by atoms with Gasteiger partial charge in [0.05, 0.1) is 0 Å². The minimum Gasteiger partial charge on any atom is -0.353 e. The van der Waals surface area contributed by atoms with Gasteiger partial charge in [0.25, 0.3) is 0 Å². The van der Waals surface area contributed by atoms with Crippen molar-refractivity contribution >= 4 is 17.4 Å². The smallest absolute Gasteiger partial charge is 0.224 e. The first-order valence-electron chi connectivity index (χ1n) is 6.48. The summed E-state index contributed by atoms with van der Waals surface area (Å²) in [4.78, 5) is 10.9. The number of hydrogen-bond acceptors (Lipinski definition) is 3. The van der Waals surface area contributed by atoms with Gasteiger partial charge in [-0.1, -0.05) is 13.3 Å². The molecule has 1 unspecified atom stereocenters. The van der Waals surface area contributed by atoms with Gasteiger partial charge < -0.3 is 4.90 Å². The van der Waals surface area contributed by atoms with Crippen molar-refractivity contribution in [1.29, 1.82) is 0 Å². The van der Waals surface area contributed by atoms with E-state index in [0.29, 0.717) is 11.3 Å². The van der Waals surface area contributed by atoms with Gasteiger partial charge in [0.1, 0.15) is 5.82 Å². The lowest BCUT2D eigenvalue weighted by atomic mass is 9.98. The highest BCUT2D eigenvalue weighted by Gasteiger charge is 2.23. The third-order valence-electron chi connectivity index (χ3n) is 3.36. The van der Waals surface area contributed by atoms with E-state index in [1.165, 1.54) is 32.1 Å². The fourth-order valence-electron chi connectivity index (χ4n) is 2.60. The predicted octanol–water partition coefficient (Wildman–Crippen LogP) is 3.60. The van der Waals surface area contributed by atoms with E-state index in [4.69, 9.17) is 11.6 Å². The molecule has 0 saturated carbocycles. The summed E-state index contributed by atoms with van der Waals surface area (Å²) in [7, 11) is 0. The SMILES string of the molecule is CCCC1CCCCN1c1cc(C)nc(Cl)n1. The second-order valence-corrected chi connectivity index (χ2v) is 5.11. The molecule has 1 aliphatic rings. The van der Waals surface area contributed by atoms with E-state index in [1.807, 2.05) is 13.0 Å². The summed E-state index contributed by atoms with van der Waals surface area (Å²) in [6.07, 6.45) is 6.31. The number of nitrogens with zero attached hydrogens (tertiary/aromatic N) is 3. The number of rotatable bonds is 3. The van der Waals surface area contributed by atoms with Crippen molar-refractivity contribution in [2.45, 2.75) is 52.0 Å². The Morgan fingerprint density at radius 2 is 2.24 bits per heavy atom. The maximum absolute atomic E-state index is 5.95. The van der Waals surface area contributed by atoms with Crippen LogP contribution in [0.1, 0.15) is 44.7 Å². The molecule has 1 aromatic heterocycles. The van der Waals surface area contributed by atoms with Gasteiger partial charge in [-0.05, 0) is 44.2 Å². The number of aromatic nitrogens is 2. The van der Waals surface area contributed by atoms with Gasteiger partial charge in [-0.15, -0.1) is 0 Å². The molecule has 1 aliphatic heterocycles. The molecule has 0 radical (unpaired) electrons. The summed E-state index contributed by atoms with van der Waals surface area (Å²) >= 11 is 5.95. The molecule has 0 N–H and O–H groups in total. The Kier molecular flexibility index (Phi) is 4.21. The van der Waals surface area contributed by atoms with E-state index in [0.717, 1.165) is 18.1 Å². The predicted molar refractivity (Wildman–Crippen MR) is 71.7 cm³/mol. The number of anilines is 1. The van der Waals surface area contributed by atoms with Crippen molar-refractivity contribution in [3.8, 4) is 0 Å². The van der Waals surface area contributed by atoms with Crippen LogP contribution in [0.3, 0.4) is 0 Å². The molecule has 1 saturated heterocycles. The van der Waals surface area contributed by atoms with Crippen LogP contribution in [0.5, 0.6) is 0 Å². The third-order valence-corrected chi connectivity index (χ3v) is 3.53. The fourth-order valence-corrected chi connectivity index (χ4v) is 2.82. The minimum absolute atomic E-state index is 0.362. The molecule has 1 fully saturated rings. The molecule has 1 aromatic rings.